The van der Waals surface area contributed by atoms with Crippen molar-refractivity contribution < 1.29 is 26.6 Å². The zero-order chi connectivity index (χ0) is 22.9. The lowest BCUT2D eigenvalue weighted by Gasteiger charge is -2.36. The zero-order valence-electron chi connectivity index (χ0n) is 20.7. The summed E-state index contributed by atoms with van der Waals surface area (Å²) in [4.78, 5) is 0. The second-order valence-electron chi connectivity index (χ2n) is 6.64. The lowest BCUT2D eigenvalue weighted by atomic mass is 10.4. The summed E-state index contributed by atoms with van der Waals surface area (Å²) in [5, 5.41) is 7.22. The molecule has 2 unspecified atom stereocenters. The topological polar surface area (TPSA) is 79.4 Å². The van der Waals surface area contributed by atoms with Crippen molar-refractivity contribution in [2.75, 3.05) is 52.7 Å². The van der Waals surface area contributed by atoms with Crippen LogP contribution in [-0.2, 0) is 26.6 Å². The molecule has 182 valence electrons. The van der Waals surface area contributed by atoms with Gasteiger partial charge in [0.2, 0.25) is 0 Å². The van der Waals surface area contributed by atoms with Gasteiger partial charge in [0.15, 0.2) is 0 Å². The molecule has 0 radical (unpaired) electrons. The molecular weight excluding hydrogens is 420 g/mol. The van der Waals surface area contributed by atoms with Crippen LogP contribution in [0.5, 0.6) is 0 Å². The predicted molar refractivity (Wildman–Crippen MR) is 125 cm³/mol. The van der Waals surface area contributed by atoms with Crippen molar-refractivity contribution in [2.24, 2.45) is 0 Å². The van der Waals surface area contributed by atoms with E-state index in [1.807, 2.05) is 41.5 Å². The standard InChI is InChI=1S/C20H48N2O6Si2/c1-9-19(29(23-11-3,24-12-4)25-13-5)21-17-18-22-20(10-2)30(26-14-6,27-15-7)28-16-8/h19-22H,9-18H2,1-8H3. The fraction of sp³-hybridized carbons (Fsp3) is 1.00. The van der Waals surface area contributed by atoms with Crippen molar-refractivity contribution in [3.05, 3.63) is 0 Å². The van der Waals surface area contributed by atoms with Gasteiger partial charge in [-0.25, -0.2) is 0 Å². The van der Waals surface area contributed by atoms with Gasteiger partial charge in [0, 0.05) is 52.7 Å². The molecule has 0 amide bonds. The number of hydrogen-bond acceptors (Lipinski definition) is 8. The van der Waals surface area contributed by atoms with E-state index < -0.39 is 17.6 Å². The average Bonchev–Trinajstić information content (AvgIpc) is 2.71. The lowest BCUT2D eigenvalue weighted by Crippen LogP contribution is -2.64. The van der Waals surface area contributed by atoms with E-state index in [1.54, 1.807) is 0 Å². The smallest absolute Gasteiger partial charge is 0.373 e. The summed E-state index contributed by atoms with van der Waals surface area (Å²) >= 11 is 0. The van der Waals surface area contributed by atoms with Gasteiger partial charge >= 0.3 is 17.6 Å². The maximum Gasteiger partial charge on any atom is 0.518 e. The van der Waals surface area contributed by atoms with Crippen LogP contribution in [0.15, 0.2) is 0 Å². The molecular formula is C20H48N2O6Si2. The van der Waals surface area contributed by atoms with Crippen molar-refractivity contribution in [2.45, 2.75) is 79.6 Å². The highest BCUT2D eigenvalue weighted by atomic mass is 28.4. The minimum Gasteiger partial charge on any atom is -0.373 e. The molecule has 0 spiro atoms. The van der Waals surface area contributed by atoms with E-state index in [4.69, 9.17) is 26.6 Å². The molecule has 2 atom stereocenters. The Bertz CT molecular complexity index is 339. The van der Waals surface area contributed by atoms with Crippen LogP contribution < -0.4 is 10.6 Å². The SMILES string of the molecule is CCO[Si](OCC)(OCC)C(CC)NCCNC(CC)[Si](OCC)(OCC)OCC. The summed E-state index contributed by atoms with van der Waals surface area (Å²) in [6.07, 6.45) is 1.75. The van der Waals surface area contributed by atoms with Gasteiger partial charge in [-0.2, -0.15) is 0 Å². The van der Waals surface area contributed by atoms with Gasteiger partial charge in [0.05, 0.1) is 11.3 Å². The Morgan fingerprint density at radius 3 is 0.867 bits per heavy atom. The van der Waals surface area contributed by atoms with Crippen LogP contribution in [0.3, 0.4) is 0 Å². The van der Waals surface area contributed by atoms with E-state index in [0.717, 1.165) is 25.9 Å². The first-order valence-electron chi connectivity index (χ1n) is 11.8. The highest BCUT2D eigenvalue weighted by molar-refractivity contribution is 6.63. The van der Waals surface area contributed by atoms with Crippen LogP contribution in [0.4, 0.5) is 0 Å². The van der Waals surface area contributed by atoms with Crippen molar-refractivity contribution >= 4 is 17.6 Å². The Balaban J connectivity index is 5.09. The summed E-state index contributed by atoms with van der Waals surface area (Å²) in [7, 11) is -5.58. The van der Waals surface area contributed by atoms with Gasteiger partial charge < -0.3 is 37.2 Å². The minimum atomic E-state index is -2.79. The summed E-state index contributed by atoms with van der Waals surface area (Å²) in [5.74, 6) is 0. The van der Waals surface area contributed by atoms with E-state index in [9.17, 15) is 0 Å². The molecule has 30 heavy (non-hydrogen) atoms. The monoisotopic (exact) mass is 468 g/mol. The van der Waals surface area contributed by atoms with Crippen LogP contribution in [0.25, 0.3) is 0 Å². The number of hydrogen-bond donors (Lipinski definition) is 2. The first-order valence-corrected chi connectivity index (χ1v) is 15.4. The van der Waals surface area contributed by atoms with Gasteiger partial charge in [0.25, 0.3) is 0 Å². The molecule has 0 heterocycles. The van der Waals surface area contributed by atoms with Crippen LogP contribution in [0.2, 0.25) is 0 Å². The van der Waals surface area contributed by atoms with Crippen LogP contribution in [0, 0.1) is 0 Å². The lowest BCUT2D eigenvalue weighted by molar-refractivity contribution is 0.0549. The first kappa shape index (κ1) is 30.1. The second kappa shape index (κ2) is 17.6. The maximum absolute atomic E-state index is 6.07. The Labute approximate surface area is 187 Å². The Morgan fingerprint density at radius 1 is 0.467 bits per heavy atom. The number of rotatable bonds is 21. The molecule has 0 aliphatic carbocycles. The van der Waals surface area contributed by atoms with Gasteiger partial charge in [-0.3, -0.25) is 0 Å². The molecule has 0 saturated heterocycles. The van der Waals surface area contributed by atoms with Gasteiger partial charge in [-0.05, 0) is 54.4 Å². The molecule has 10 heteroatoms. The molecule has 0 bridgehead atoms. The first-order chi connectivity index (χ1) is 14.5. The molecule has 0 fully saturated rings. The predicted octanol–water partition coefficient (Wildman–Crippen LogP) is 2.90. The van der Waals surface area contributed by atoms with E-state index in [-0.39, 0.29) is 11.3 Å². The zero-order valence-corrected chi connectivity index (χ0v) is 22.7. The summed E-state index contributed by atoms with van der Waals surface area (Å²) < 4.78 is 36.4. The summed E-state index contributed by atoms with van der Waals surface area (Å²) in [5.41, 5.74) is 0.0961. The number of nitrogens with one attached hydrogen (secondary N) is 2. The Hall–Kier alpha value is 0.114. The highest BCUT2D eigenvalue weighted by Gasteiger charge is 2.49. The minimum absolute atomic E-state index is 0.0481. The van der Waals surface area contributed by atoms with Gasteiger partial charge in [-0.15, -0.1) is 0 Å². The molecule has 0 aliphatic heterocycles. The average molecular weight is 469 g/mol. The third kappa shape index (κ3) is 9.31. The third-order valence-electron chi connectivity index (χ3n) is 4.65. The largest absolute Gasteiger partial charge is 0.518 e. The second-order valence-corrected chi connectivity index (χ2v) is 12.2. The van der Waals surface area contributed by atoms with Gasteiger partial charge in [0.1, 0.15) is 0 Å². The quantitative estimate of drug-likeness (QED) is 0.197. The van der Waals surface area contributed by atoms with Crippen molar-refractivity contribution in [3.8, 4) is 0 Å². The van der Waals surface area contributed by atoms with E-state index in [2.05, 4.69) is 24.5 Å². The Morgan fingerprint density at radius 2 is 0.700 bits per heavy atom. The van der Waals surface area contributed by atoms with Crippen LogP contribution >= 0.6 is 0 Å². The Kier molecular flexibility index (Phi) is 17.7. The molecule has 2 N–H and O–H groups in total. The summed E-state index contributed by atoms with van der Waals surface area (Å²) in [6.45, 7) is 21.1. The molecule has 0 aromatic carbocycles. The fourth-order valence-electron chi connectivity index (χ4n) is 3.59. The normalized spacial score (nSPS) is 14.8. The fourth-order valence-corrected chi connectivity index (χ4v) is 9.50. The summed E-state index contributed by atoms with van der Waals surface area (Å²) in [6, 6.07) is 0. The maximum atomic E-state index is 6.07. The molecule has 0 aromatic heterocycles. The van der Waals surface area contributed by atoms with Crippen molar-refractivity contribution in [3.63, 3.8) is 0 Å². The van der Waals surface area contributed by atoms with E-state index >= 15 is 0 Å². The highest BCUT2D eigenvalue weighted by Crippen LogP contribution is 2.19. The van der Waals surface area contributed by atoms with Crippen molar-refractivity contribution in [1.29, 1.82) is 0 Å². The van der Waals surface area contributed by atoms with Crippen molar-refractivity contribution in [1.82, 2.24) is 10.6 Å². The third-order valence-corrected chi connectivity index (χ3v) is 11.7. The van der Waals surface area contributed by atoms with Crippen LogP contribution in [0.1, 0.15) is 68.2 Å². The van der Waals surface area contributed by atoms with E-state index in [1.165, 1.54) is 0 Å². The molecule has 0 saturated carbocycles. The molecule has 0 aliphatic rings. The van der Waals surface area contributed by atoms with Gasteiger partial charge in [-0.1, -0.05) is 13.8 Å². The molecule has 8 nitrogen and oxygen atoms in total. The van der Waals surface area contributed by atoms with E-state index in [0.29, 0.717) is 39.6 Å². The molecule has 0 rings (SSSR count). The van der Waals surface area contributed by atoms with Crippen LogP contribution in [-0.4, -0.2) is 81.7 Å². The molecule has 0 aromatic rings.